The molecule has 0 radical (unpaired) electrons. The normalized spacial score (nSPS) is 29.6. The van der Waals surface area contributed by atoms with Crippen LogP contribution in [0.15, 0.2) is 22.7 Å². The van der Waals surface area contributed by atoms with Crippen molar-refractivity contribution in [3.63, 3.8) is 0 Å². The molecule has 4 heteroatoms. The molecule has 4 unspecified atom stereocenters. The van der Waals surface area contributed by atoms with Gasteiger partial charge in [0.1, 0.15) is 5.75 Å². The number of methoxy groups -OCH3 is 1. The zero-order valence-electron chi connectivity index (χ0n) is 11.9. The van der Waals surface area contributed by atoms with E-state index in [-0.39, 0.29) is 6.04 Å². The standard InChI is InChI=1S/C16H23BrN2O/c1-20-16-9-13(17)4-5-14(16)15(19-18)8-12-7-10-2-3-11(12)6-10/h4-5,9-12,15,19H,2-3,6-8,18H2,1H3. The van der Waals surface area contributed by atoms with Gasteiger partial charge in [-0.25, -0.2) is 0 Å². The van der Waals surface area contributed by atoms with E-state index in [0.29, 0.717) is 0 Å². The number of fused-ring (bicyclic) bond motifs is 2. The van der Waals surface area contributed by atoms with Crippen molar-refractivity contribution in [1.29, 1.82) is 0 Å². The first-order valence-electron chi connectivity index (χ1n) is 7.50. The summed E-state index contributed by atoms with van der Waals surface area (Å²) >= 11 is 3.49. The van der Waals surface area contributed by atoms with Crippen molar-refractivity contribution in [3.05, 3.63) is 28.2 Å². The van der Waals surface area contributed by atoms with Crippen molar-refractivity contribution >= 4 is 15.9 Å². The summed E-state index contributed by atoms with van der Waals surface area (Å²) in [5, 5.41) is 0. The highest BCUT2D eigenvalue weighted by Crippen LogP contribution is 2.51. The van der Waals surface area contributed by atoms with Crippen LogP contribution in [0, 0.1) is 17.8 Å². The molecule has 110 valence electrons. The van der Waals surface area contributed by atoms with E-state index >= 15 is 0 Å². The van der Waals surface area contributed by atoms with Crippen molar-refractivity contribution in [2.45, 2.75) is 38.1 Å². The first kappa shape index (κ1) is 14.4. The van der Waals surface area contributed by atoms with Gasteiger partial charge in [-0.1, -0.05) is 28.4 Å². The molecule has 3 rings (SSSR count). The number of rotatable bonds is 5. The molecule has 3 nitrogen and oxygen atoms in total. The molecule has 0 heterocycles. The highest BCUT2D eigenvalue weighted by atomic mass is 79.9. The van der Waals surface area contributed by atoms with E-state index in [4.69, 9.17) is 10.6 Å². The van der Waals surface area contributed by atoms with Gasteiger partial charge in [-0.15, -0.1) is 0 Å². The topological polar surface area (TPSA) is 47.3 Å². The molecule has 0 saturated heterocycles. The second-order valence-electron chi connectivity index (χ2n) is 6.28. The number of ether oxygens (including phenoxy) is 1. The molecular formula is C16H23BrN2O. The SMILES string of the molecule is COc1cc(Br)ccc1C(CC1CC2CCC1C2)NN. The minimum atomic E-state index is 0.183. The van der Waals surface area contributed by atoms with Crippen LogP contribution in [-0.4, -0.2) is 7.11 Å². The molecule has 2 aliphatic rings. The van der Waals surface area contributed by atoms with E-state index in [2.05, 4.69) is 33.5 Å². The molecule has 4 atom stereocenters. The molecule has 3 N–H and O–H groups in total. The summed E-state index contributed by atoms with van der Waals surface area (Å²) in [5.41, 5.74) is 4.17. The first-order chi connectivity index (χ1) is 9.71. The lowest BCUT2D eigenvalue weighted by molar-refractivity contribution is 0.276. The number of hydrazine groups is 1. The van der Waals surface area contributed by atoms with Gasteiger partial charge >= 0.3 is 0 Å². The van der Waals surface area contributed by atoms with E-state index < -0.39 is 0 Å². The van der Waals surface area contributed by atoms with Crippen molar-refractivity contribution in [2.24, 2.45) is 23.6 Å². The van der Waals surface area contributed by atoms with Crippen LogP contribution in [-0.2, 0) is 0 Å². The number of nitrogens with one attached hydrogen (secondary N) is 1. The van der Waals surface area contributed by atoms with E-state index in [1.165, 1.54) is 31.2 Å². The summed E-state index contributed by atoms with van der Waals surface area (Å²) in [6.45, 7) is 0. The summed E-state index contributed by atoms with van der Waals surface area (Å²) in [5.74, 6) is 9.47. The van der Waals surface area contributed by atoms with Crippen molar-refractivity contribution in [1.82, 2.24) is 5.43 Å². The summed E-state index contributed by atoms with van der Waals surface area (Å²) in [6, 6.07) is 6.37. The molecule has 2 aliphatic carbocycles. The second-order valence-corrected chi connectivity index (χ2v) is 7.19. The van der Waals surface area contributed by atoms with Crippen LogP contribution in [0.3, 0.4) is 0 Å². The average molecular weight is 339 g/mol. The lowest BCUT2D eigenvalue weighted by Crippen LogP contribution is -2.31. The fourth-order valence-electron chi connectivity index (χ4n) is 4.23. The van der Waals surface area contributed by atoms with Gasteiger partial charge in [0.2, 0.25) is 0 Å². The Balaban J connectivity index is 1.76. The van der Waals surface area contributed by atoms with Crippen molar-refractivity contribution < 1.29 is 4.74 Å². The minimum absolute atomic E-state index is 0.183. The maximum atomic E-state index is 5.83. The highest BCUT2D eigenvalue weighted by Gasteiger charge is 2.40. The Morgan fingerprint density at radius 2 is 2.25 bits per heavy atom. The van der Waals surface area contributed by atoms with Gasteiger partial charge in [0, 0.05) is 16.1 Å². The Labute approximate surface area is 129 Å². The predicted molar refractivity (Wildman–Crippen MR) is 84.3 cm³/mol. The van der Waals surface area contributed by atoms with E-state index in [9.17, 15) is 0 Å². The van der Waals surface area contributed by atoms with E-state index in [1.807, 2.05) is 6.07 Å². The highest BCUT2D eigenvalue weighted by molar-refractivity contribution is 9.10. The third-order valence-corrected chi connectivity index (χ3v) is 5.69. The quantitative estimate of drug-likeness (QED) is 0.634. The Kier molecular flexibility index (Phi) is 4.34. The van der Waals surface area contributed by atoms with E-state index in [1.54, 1.807) is 7.11 Å². The van der Waals surface area contributed by atoms with Gasteiger partial charge in [0.25, 0.3) is 0 Å². The summed E-state index contributed by atoms with van der Waals surface area (Å²) in [4.78, 5) is 0. The van der Waals surface area contributed by atoms with Crippen molar-refractivity contribution in [3.8, 4) is 5.75 Å². The van der Waals surface area contributed by atoms with Crippen LogP contribution in [0.5, 0.6) is 5.75 Å². The Morgan fingerprint density at radius 3 is 2.85 bits per heavy atom. The third-order valence-electron chi connectivity index (χ3n) is 5.20. The molecule has 0 aromatic heterocycles. The summed E-state index contributed by atoms with van der Waals surface area (Å²) < 4.78 is 6.55. The van der Waals surface area contributed by atoms with Gasteiger partial charge < -0.3 is 4.74 Å². The number of nitrogens with two attached hydrogens (primary N) is 1. The zero-order chi connectivity index (χ0) is 14.1. The third kappa shape index (κ3) is 2.74. The lowest BCUT2D eigenvalue weighted by Gasteiger charge is -2.27. The predicted octanol–water partition coefficient (Wildman–Crippen LogP) is 3.79. The molecule has 2 bridgehead atoms. The number of halogens is 1. The van der Waals surface area contributed by atoms with Crippen LogP contribution in [0.4, 0.5) is 0 Å². The molecule has 1 aromatic rings. The van der Waals surface area contributed by atoms with Crippen LogP contribution in [0.25, 0.3) is 0 Å². The molecule has 2 fully saturated rings. The molecular weight excluding hydrogens is 316 g/mol. The average Bonchev–Trinajstić information content (AvgIpc) is 3.07. The van der Waals surface area contributed by atoms with Crippen LogP contribution in [0.2, 0.25) is 0 Å². The maximum Gasteiger partial charge on any atom is 0.124 e. The molecule has 1 aromatic carbocycles. The number of hydrogen-bond donors (Lipinski definition) is 2. The Bertz CT molecular complexity index is 480. The molecule has 2 saturated carbocycles. The minimum Gasteiger partial charge on any atom is -0.496 e. The zero-order valence-corrected chi connectivity index (χ0v) is 13.5. The Hall–Kier alpha value is -0.580. The summed E-state index contributed by atoms with van der Waals surface area (Å²) in [6.07, 6.45) is 6.82. The van der Waals surface area contributed by atoms with Gasteiger partial charge in [-0.2, -0.15) is 0 Å². The molecule has 0 spiro atoms. The van der Waals surface area contributed by atoms with Gasteiger partial charge in [0.15, 0.2) is 0 Å². The van der Waals surface area contributed by atoms with Crippen molar-refractivity contribution in [2.75, 3.05) is 7.11 Å². The summed E-state index contributed by atoms with van der Waals surface area (Å²) in [7, 11) is 1.72. The molecule has 0 amide bonds. The van der Waals surface area contributed by atoms with Crippen LogP contribution >= 0.6 is 15.9 Å². The number of benzene rings is 1. The monoisotopic (exact) mass is 338 g/mol. The lowest BCUT2D eigenvalue weighted by atomic mass is 9.83. The van der Waals surface area contributed by atoms with E-state index in [0.717, 1.165) is 34.4 Å². The fraction of sp³-hybridized carbons (Fsp3) is 0.625. The smallest absolute Gasteiger partial charge is 0.124 e. The van der Waals surface area contributed by atoms with Gasteiger partial charge in [-0.3, -0.25) is 11.3 Å². The molecule has 0 aliphatic heterocycles. The fourth-order valence-corrected chi connectivity index (χ4v) is 4.57. The van der Waals surface area contributed by atoms with Gasteiger partial charge in [-0.05, 0) is 55.6 Å². The largest absolute Gasteiger partial charge is 0.496 e. The van der Waals surface area contributed by atoms with Crippen LogP contribution < -0.4 is 16.0 Å². The van der Waals surface area contributed by atoms with Gasteiger partial charge in [0.05, 0.1) is 7.11 Å². The number of hydrogen-bond acceptors (Lipinski definition) is 3. The molecule has 20 heavy (non-hydrogen) atoms. The second kappa shape index (κ2) is 6.04. The Morgan fingerprint density at radius 1 is 1.40 bits per heavy atom. The first-order valence-corrected chi connectivity index (χ1v) is 8.30. The maximum absolute atomic E-state index is 5.83. The van der Waals surface area contributed by atoms with Crippen LogP contribution in [0.1, 0.15) is 43.7 Å².